The maximum Gasteiger partial charge on any atom is 0.276 e. The van der Waals surface area contributed by atoms with Gasteiger partial charge in [-0.25, -0.2) is 4.39 Å². The smallest absolute Gasteiger partial charge is 0.276 e. The fraction of sp³-hybridized carbons (Fsp3) is 0.172. The highest BCUT2D eigenvalue weighted by atomic mass is 19.1. The maximum absolute atomic E-state index is 13.5. The van der Waals surface area contributed by atoms with E-state index in [-0.39, 0.29) is 35.8 Å². The summed E-state index contributed by atoms with van der Waals surface area (Å²) >= 11 is 0. The number of amides is 3. The van der Waals surface area contributed by atoms with Crippen molar-refractivity contribution in [2.75, 3.05) is 17.2 Å². The lowest BCUT2D eigenvalue weighted by atomic mass is 9.95. The number of carbonyl (C=O) groups excluding carboxylic acids is 3. The fourth-order valence-corrected chi connectivity index (χ4v) is 4.80. The van der Waals surface area contributed by atoms with E-state index < -0.39 is 5.91 Å². The van der Waals surface area contributed by atoms with Gasteiger partial charge in [0.2, 0.25) is 5.91 Å². The van der Waals surface area contributed by atoms with Gasteiger partial charge < -0.3 is 20.5 Å². The quantitative estimate of drug-likeness (QED) is 0.307. The van der Waals surface area contributed by atoms with E-state index in [1.165, 1.54) is 12.1 Å². The Morgan fingerprint density at radius 1 is 1.10 bits per heavy atom. The van der Waals surface area contributed by atoms with Crippen LogP contribution in [-0.2, 0) is 17.9 Å². The average molecular weight is 527 g/mol. The van der Waals surface area contributed by atoms with E-state index in [2.05, 4.69) is 27.3 Å². The molecule has 0 radical (unpaired) electrons. The number of aromatic nitrogens is 3. The number of fused-ring (bicyclic) bond motifs is 1. The number of H-pyrrole nitrogens is 1. The number of nitrogens with one attached hydrogen (secondary N) is 3. The second-order valence-corrected chi connectivity index (χ2v) is 9.40. The first kappa shape index (κ1) is 25.7. The van der Waals surface area contributed by atoms with Gasteiger partial charge in [0.25, 0.3) is 11.8 Å². The van der Waals surface area contributed by atoms with Crippen molar-refractivity contribution in [3.05, 3.63) is 114 Å². The monoisotopic (exact) mass is 526 g/mol. The van der Waals surface area contributed by atoms with E-state index in [0.29, 0.717) is 35.7 Å². The van der Waals surface area contributed by atoms with Crippen molar-refractivity contribution in [2.24, 2.45) is 0 Å². The average Bonchev–Trinajstić information content (AvgIpc) is 3.59. The number of aromatic amines is 1. The van der Waals surface area contributed by atoms with Gasteiger partial charge in [-0.1, -0.05) is 31.7 Å². The first-order valence-electron chi connectivity index (χ1n) is 12.4. The molecule has 3 heterocycles. The van der Waals surface area contributed by atoms with Crippen LogP contribution >= 0.6 is 0 Å². The van der Waals surface area contributed by atoms with Crippen molar-refractivity contribution >= 4 is 29.1 Å². The summed E-state index contributed by atoms with van der Waals surface area (Å²) in [5, 5.41) is 10.2. The van der Waals surface area contributed by atoms with E-state index in [4.69, 9.17) is 0 Å². The lowest BCUT2D eigenvalue weighted by Crippen LogP contribution is -2.38. The van der Waals surface area contributed by atoms with Crippen molar-refractivity contribution in [2.45, 2.75) is 25.9 Å². The van der Waals surface area contributed by atoms with Crippen LogP contribution in [0, 0.1) is 5.82 Å². The third-order valence-electron chi connectivity index (χ3n) is 6.55. The number of nitrogens with zero attached hydrogens (tertiary/aromatic N) is 3. The molecule has 39 heavy (non-hydrogen) atoms. The van der Waals surface area contributed by atoms with Gasteiger partial charge in [0, 0.05) is 41.3 Å². The number of hydrogen-bond acceptors (Lipinski definition) is 4. The Balaban J connectivity index is 1.48. The third kappa shape index (κ3) is 5.49. The SMILES string of the molecule is C=CC(=O)Nc1cccc(NC(=O)c2nn(Cc3ccc(F)cc3)c3c2CN(C(=O)c2ccc[nH]2)C[C@H]3C)c1. The normalized spacial score (nSPS) is 14.4. The molecule has 5 rings (SSSR count). The largest absolute Gasteiger partial charge is 0.357 e. The highest BCUT2D eigenvalue weighted by molar-refractivity contribution is 6.05. The summed E-state index contributed by atoms with van der Waals surface area (Å²) in [4.78, 5) is 43.0. The van der Waals surface area contributed by atoms with Crippen LogP contribution in [0.2, 0.25) is 0 Å². The van der Waals surface area contributed by atoms with Crippen molar-refractivity contribution in [3.8, 4) is 0 Å². The second kappa shape index (κ2) is 10.8. The Hall–Kier alpha value is -4.99. The van der Waals surface area contributed by atoms with Crippen LogP contribution in [0.4, 0.5) is 15.8 Å². The van der Waals surface area contributed by atoms with Crippen LogP contribution in [-0.4, -0.2) is 43.9 Å². The van der Waals surface area contributed by atoms with E-state index in [0.717, 1.165) is 17.3 Å². The van der Waals surface area contributed by atoms with Crippen LogP contribution in [0.15, 0.2) is 79.5 Å². The summed E-state index contributed by atoms with van der Waals surface area (Å²) in [6.07, 6.45) is 2.85. The molecule has 9 nitrogen and oxygen atoms in total. The molecule has 0 unspecified atom stereocenters. The van der Waals surface area contributed by atoms with Crippen LogP contribution in [0.1, 0.15) is 50.6 Å². The molecule has 3 amide bonds. The zero-order valence-electron chi connectivity index (χ0n) is 21.3. The third-order valence-corrected chi connectivity index (χ3v) is 6.55. The summed E-state index contributed by atoms with van der Waals surface area (Å²) in [5.41, 5.74) is 3.97. The molecule has 2 aromatic heterocycles. The number of halogens is 1. The summed E-state index contributed by atoms with van der Waals surface area (Å²) in [5.74, 6) is -1.43. The van der Waals surface area contributed by atoms with Crippen LogP contribution < -0.4 is 10.6 Å². The highest BCUT2D eigenvalue weighted by Gasteiger charge is 2.34. The number of rotatable bonds is 7. The number of carbonyl (C=O) groups is 3. The van der Waals surface area contributed by atoms with Crippen LogP contribution in [0.5, 0.6) is 0 Å². The molecule has 4 aromatic rings. The van der Waals surface area contributed by atoms with Crippen molar-refractivity contribution in [3.63, 3.8) is 0 Å². The molecular formula is C29H27FN6O3. The predicted molar refractivity (Wildman–Crippen MR) is 145 cm³/mol. The van der Waals surface area contributed by atoms with Crippen molar-refractivity contribution < 1.29 is 18.8 Å². The molecule has 2 aromatic carbocycles. The molecule has 0 spiro atoms. The van der Waals surface area contributed by atoms with E-state index in [1.54, 1.807) is 64.3 Å². The molecule has 0 bridgehead atoms. The first-order chi connectivity index (χ1) is 18.8. The van der Waals surface area contributed by atoms with Gasteiger partial charge in [-0.3, -0.25) is 19.1 Å². The molecule has 0 saturated carbocycles. The van der Waals surface area contributed by atoms with Gasteiger partial charge in [0.1, 0.15) is 11.5 Å². The van der Waals surface area contributed by atoms with Gasteiger partial charge in [0.05, 0.1) is 13.1 Å². The van der Waals surface area contributed by atoms with Crippen LogP contribution in [0.25, 0.3) is 0 Å². The summed E-state index contributed by atoms with van der Waals surface area (Å²) in [6, 6.07) is 16.3. The highest BCUT2D eigenvalue weighted by Crippen LogP contribution is 2.32. The van der Waals surface area contributed by atoms with Crippen molar-refractivity contribution in [1.82, 2.24) is 19.7 Å². The van der Waals surface area contributed by atoms with Gasteiger partial charge >= 0.3 is 0 Å². The molecule has 0 saturated heterocycles. The Labute approximate surface area is 224 Å². The van der Waals surface area contributed by atoms with E-state index in [1.807, 2.05) is 6.92 Å². The minimum atomic E-state index is -0.447. The molecule has 0 aliphatic carbocycles. The van der Waals surface area contributed by atoms with Gasteiger partial charge in [0.15, 0.2) is 5.69 Å². The van der Waals surface area contributed by atoms with Gasteiger partial charge in [-0.05, 0) is 54.1 Å². The van der Waals surface area contributed by atoms with E-state index >= 15 is 0 Å². The van der Waals surface area contributed by atoms with Crippen LogP contribution in [0.3, 0.4) is 0 Å². The molecule has 198 valence electrons. The molecular weight excluding hydrogens is 499 g/mol. The lowest BCUT2D eigenvalue weighted by molar-refractivity contribution is -0.111. The molecule has 1 aliphatic rings. The number of anilines is 2. The predicted octanol–water partition coefficient (Wildman–Crippen LogP) is 4.53. The Bertz CT molecular complexity index is 1540. The summed E-state index contributed by atoms with van der Waals surface area (Å²) in [6.45, 7) is 6.43. The first-order valence-corrected chi connectivity index (χ1v) is 12.4. The summed E-state index contributed by atoms with van der Waals surface area (Å²) in [7, 11) is 0. The standard InChI is InChI=1S/C29H27FN6O3/c1-3-25(37)32-21-6-4-7-22(14-21)33-28(38)26-23-17-35(29(39)24-8-5-13-31-24)15-18(2)27(23)36(34-26)16-19-9-11-20(30)12-10-19/h3-14,18,31H,1,15-17H2,2H3,(H,32,37)(H,33,38)/t18-/m1/s1. The lowest BCUT2D eigenvalue weighted by Gasteiger charge is -2.32. The van der Waals surface area contributed by atoms with Gasteiger partial charge in [-0.2, -0.15) is 5.10 Å². The molecule has 0 fully saturated rings. The Morgan fingerprint density at radius 3 is 2.54 bits per heavy atom. The Morgan fingerprint density at radius 2 is 1.85 bits per heavy atom. The van der Waals surface area contributed by atoms with Gasteiger partial charge in [-0.15, -0.1) is 0 Å². The minimum Gasteiger partial charge on any atom is -0.357 e. The Kier molecular flexibility index (Phi) is 7.09. The zero-order valence-corrected chi connectivity index (χ0v) is 21.3. The topological polar surface area (TPSA) is 112 Å². The minimum absolute atomic E-state index is 0.111. The second-order valence-electron chi connectivity index (χ2n) is 9.40. The van der Waals surface area contributed by atoms with Crippen molar-refractivity contribution in [1.29, 1.82) is 0 Å². The molecule has 1 atom stereocenters. The number of hydrogen-bond donors (Lipinski definition) is 3. The maximum atomic E-state index is 13.5. The van der Waals surface area contributed by atoms with E-state index in [9.17, 15) is 18.8 Å². The molecule has 1 aliphatic heterocycles. The fourth-order valence-electron chi connectivity index (χ4n) is 4.80. The number of benzene rings is 2. The zero-order chi connectivity index (χ0) is 27.5. The molecule has 3 N–H and O–H groups in total. The molecule has 10 heteroatoms. The summed E-state index contributed by atoms with van der Waals surface area (Å²) < 4.78 is 15.3.